The number of amides is 1. The highest BCUT2D eigenvalue weighted by atomic mass is 16.2. The number of aryl methyl sites for hydroxylation is 1. The second-order valence-electron chi connectivity index (χ2n) is 6.22. The molecule has 3 heterocycles. The van der Waals surface area contributed by atoms with Gasteiger partial charge in [-0.05, 0) is 14.0 Å². The third-order valence-corrected chi connectivity index (χ3v) is 4.55. The van der Waals surface area contributed by atoms with E-state index in [0.29, 0.717) is 18.8 Å². The van der Waals surface area contributed by atoms with Gasteiger partial charge < -0.3 is 9.88 Å². The standard InChI is InChI=1S/C17H19N7O/c1-11-20-21-15-10-23(2)14(9-24(11)15)17(25)19-13-8-18-22-16(13)12-6-4-3-5-7-12/h3-8,14H,9-10H2,1-2H3,(H,18,22)(H,19,25). The van der Waals surface area contributed by atoms with Crippen molar-refractivity contribution >= 4 is 11.6 Å². The van der Waals surface area contributed by atoms with E-state index in [-0.39, 0.29) is 11.9 Å². The molecule has 2 N–H and O–H groups in total. The number of hydrogen-bond donors (Lipinski definition) is 2. The van der Waals surface area contributed by atoms with E-state index >= 15 is 0 Å². The number of H-pyrrole nitrogens is 1. The maximum atomic E-state index is 12.9. The number of aromatic amines is 1. The summed E-state index contributed by atoms with van der Waals surface area (Å²) >= 11 is 0. The number of benzene rings is 1. The first-order valence-electron chi connectivity index (χ1n) is 8.12. The van der Waals surface area contributed by atoms with Crippen molar-refractivity contribution in [3.63, 3.8) is 0 Å². The lowest BCUT2D eigenvalue weighted by atomic mass is 10.1. The lowest BCUT2D eigenvalue weighted by molar-refractivity contribution is -0.122. The molecule has 8 heteroatoms. The fourth-order valence-electron chi connectivity index (χ4n) is 3.13. The Morgan fingerprint density at radius 2 is 2.08 bits per heavy atom. The van der Waals surface area contributed by atoms with E-state index < -0.39 is 0 Å². The van der Waals surface area contributed by atoms with E-state index in [1.54, 1.807) is 6.20 Å². The second-order valence-corrected chi connectivity index (χ2v) is 6.22. The molecule has 3 aromatic rings. The molecule has 0 fully saturated rings. The molecule has 0 aliphatic carbocycles. The number of anilines is 1. The molecule has 1 unspecified atom stereocenters. The zero-order valence-electron chi connectivity index (χ0n) is 14.1. The molecule has 128 valence electrons. The van der Waals surface area contributed by atoms with Gasteiger partial charge in [-0.2, -0.15) is 5.10 Å². The summed E-state index contributed by atoms with van der Waals surface area (Å²) < 4.78 is 2.00. The average Bonchev–Trinajstić information content (AvgIpc) is 3.22. The fraction of sp³-hybridized carbons (Fsp3) is 0.294. The van der Waals surface area contributed by atoms with Crippen LogP contribution >= 0.6 is 0 Å². The second kappa shape index (κ2) is 6.14. The third-order valence-electron chi connectivity index (χ3n) is 4.55. The Kier molecular flexibility index (Phi) is 3.81. The number of rotatable bonds is 3. The van der Waals surface area contributed by atoms with E-state index in [9.17, 15) is 4.79 Å². The average molecular weight is 337 g/mol. The Morgan fingerprint density at radius 1 is 1.28 bits per heavy atom. The summed E-state index contributed by atoms with van der Waals surface area (Å²) in [7, 11) is 1.92. The van der Waals surface area contributed by atoms with E-state index in [1.165, 1.54) is 0 Å². The third kappa shape index (κ3) is 2.80. The van der Waals surface area contributed by atoms with Crippen LogP contribution in [0, 0.1) is 6.92 Å². The Labute approximate surface area is 144 Å². The highest BCUT2D eigenvalue weighted by Gasteiger charge is 2.31. The number of nitrogens with one attached hydrogen (secondary N) is 2. The van der Waals surface area contributed by atoms with Crippen LogP contribution < -0.4 is 5.32 Å². The molecule has 25 heavy (non-hydrogen) atoms. The molecule has 1 aromatic carbocycles. The van der Waals surface area contributed by atoms with Crippen LogP contribution in [-0.4, -0.2) is 48.9 Å². The molecule has 0 spiro atoms. The first-order chi connectivity index (χ1) is 12.1. The number of likely N-dealkylation sites (N-methyl/N-ethyl adjacent to an activating group) is 1. The molecule has 1 aliphatic rings. The van der Waals surface area contributed by atoms with Gasteiger partial charge in [0.15, 0.2) is 0 Å². The summed E-state index contributed by atoms with van der Waals surface area (Å²) in [4.78, 5) is 14.8. The van der Waals surface area contributed by atoms with E-state index in [4.69, 9.17) is 0 Å². The monoisotopic (exact) mass is 337 g/mol. The molecule has 2 aromatic heterocycles. The van der Waals surface area contributed by atoms with Crippen LogP contribution in [0.1, 0.15) is 11.6 Å². The summed E-state index contributed by atoms with van der Waals surface area (Å²) in [5, 5.41) is 18.3. The Bertz CT molecular complexity index is 899. The van der Waals surface area contributed by atoms with Crippen molar-refractivity contribution in [2.45, 2.75) is 26.1 Å². The number of carbonyl (C=O) groups excluding carboxylic acids is 1. The Morgan fingerprint density at radius 3 is 2.88 bits per heavy atom. The van der Waals surface area contributed by atoms with Gasteiger partial charge in [-0.25, -0.2) is 0 Å². The Hall–Kier alpha value is -3.00. The minimum absolute atomic E-state index is 0.0696. The quantitative estimate of drug-likeness (QED) is 0.754. The number of aromatic nitrogens is 5. The van der Waals surface area contributed by atoms with E-state index in [1.807, 2.05) is 53.8 Å². The zero-order valence-corrected chi connectivity index (χ0v) is 14.1. The molecule has 1 atom stereocenters. The highest BCUT2D eigenvalue weighted by molar-refractivity contribution is 5.97. The number of nitrogens with zero attached hydrogens (tertiary/aromatic N) is 5. The van der Waals surface area contributed by atoms with Gasteiger partial charge in [0.05, 0.1) is 30.7 Å². The number of hydrogen-bond acceptors (Lipinski definition) is 5. The van der Waals surface area contributed by atoms with Crippen LogP contribution in [0.15, 0.2) is 36.5 Å². The van der Waals surface area contributed by atoms with Crippen LogP contribution in [0.25, 0.3) is 11.3 Å². The normalized spacial score (nSPS) is 17.3. The fourth-order valence-corrected chi connectivity index (χ4v) is 3.13. The zero-order chi connectivity index (χ0) is 17.4. The summed E-state index contributed by atoms with van der Waals surface area (Å²) in [5.41, 5.74) is 2.45. The summed E-state index contributed by atoms with van der Waals surface area (Å²) in [6, 6.07) is 9.51. The molecule has 0 radical (unpaired) electrons. The summed E-state index contributed by atoms with van der Waals surface area (Å²) in [6.45, 7) is 3.03. The molecule has 0 bridgehead atoms. The van der Waals surface area contributed by atoms with Crippen molar-refractivity contribution in [2.24, 2.45) is 0 Å². The van der Waals surface area contributed by atoms with Crippen molar-refractivity contribution in [1.29, 1.82) is 0 Å². The lowest BCUT2D eigenvalue weighted by Gasteiger charge is -2.32. The van der Waals surface area contributed by atoms with E-state index in [0.717, 1.165) is 22.9 Å². The van der Waals surface area contributed by atoms with Crippen LogP contribution in [0.5, 0.6) is 0 Å². The van der Waals surface area contributed by atoms with Crippen LogP contribution in [-0.2, 0) is 17.9 Å². The van der Waals surface area contributed by atoms with Crippen LogP contribution in [0.2, 0.25) is 0 Å². The SMILES string of the molecule is Cc1nnc2n1CC(C(=O)Nc1cn[nH]c1-c1ccccc1)N(C)C2. The van der Waals surface area contributed by atoms with Gasteiger partial charge >= 0.3 is 0 Å². The molecule has 0 saturated carbocycles. The Balaban J connectivity index is 1.56. The highest BCUT2D eigenvalue weighted by Crippen LogP contribution is 2.26. The van der Waals surface area contributed by atoms with Crippen molar-refractivity contribution < 1.29 is 4.79 Å². The predicted octanol–water partition coefficient (Wildman–Crippen LogP) is 1.43. The maximum absolute atomic E-state index is 12.9. The van der Waals surface area contributed by atoms with Crippen LogP contribution in [0.3, 0.4) is 0 Å². The number of fused-ring (bicyclic) bond motifs is 1. The largest absolute Gasteiger partial charge is 0.321 e. The number of carbonyl (C=O) groups is 1. The van der Waals surface area contributed by atoms with Gasteiger partial charge in [-0.3, -0.25) is 14.8 Å². The van der Waals surface area contributed by atoms with Gasteiger partial charge in [0, 0.05) is 5.56 Å². The lowest BCUT2D eigenvalue weighted by Crippen LogP contribution is -2.48. The first kappa shape index (κ1) is 15.5. The van der Waals surface area contributed by atoms with E-state index in [2.05, 4.69) is 25.7 Å². The maximum Gasteiger partial charge on any atom is 0.243 e. The predicted molar refractivity (Wildman–Crippen MR) is 92.7 cm³/mol. The van der Waals surface area contributed by atoms with Crippen molar-refractivity contribution in [3.8, 4) is 11.3 Å². The van der Waals surface area contributed by atoms with Gasteiger partial charge in [-0.1, -0.05) is 30.3 Å². The smallest absolute Gasteiger partial charge is 0.243 e. The molecule has 8 nitrogen and oxygen atoms in total. The molecule has 1 aliphatic heterocycles. The van der Waals surface area contributed by atoms with Gasteiger partial charge in [0.2, 0.25) is 5.91 Å². The minimum atomic E-state index is -0.291. The topological polar surface area (TPSA) is 91.7 Å². The van der Waals surface area contributed by atoms with Crippen molar-refractivity contribution in [2.75, 3.05) is 12.4 Å². The van der Waals surface area contributed by atoms with Gasteiger partial charge in [0.1, 0.15) is 17.7 Å². The molecular weight excluding hydrogens is 318 g/mol. The molecule has 4 rings (SSSR count). The molecule has 1 amide bonds. The minimum Gasteiger partial charge on any atom is -0.321 e. The molecular formula is C17H19N7O. The van der Waals surface area contributed by atoms with Gasteiger partial charge in [-0.15, -0.1) is 10.2 Å². The van der Waals surface area contributed by atoms with Crippen LogP contribution in [0.4, 0.5) is 5.69 Å². The first-order valence-corrected chi connectivity index (χ1v) is 8.12. The van der Waals surface area contributed by atoms with Crippen molar-refractivity contribution in [1.82, 2.24) is 29.9 Å². The summed E-state index contributed by atoms with van der Waals surface area (Å²) in [6.07, 6.45) is 1.64. The van der Waals surface area contributed by atoms with Gasteiger partial charge in [0.25, 0.3) is 0 Å². The summed E-state index contributed by atoms with van der Waals surface area (Å²) in [5.74, 6) is 1.64. The van der Waals surface area contributed by atoms with Crippen molar-refractivity contribution in [3.05, 3.63) is 48.2 Å². The molecule has 0 saturated heterocycles.